The van der Waals surface area contributed by atoms with Gasteiger partial charge in [0.2, 0.25) is 0 Å². The monoisotopic (exact) mass is 453 g/mol. The summed E-state index contributed by atoms with van der Waals surface area (Å²) in [4.78, 5) is 0. The second kappa shape index (κ2) is 16.3. The van der Waals surface area contributed by atoms with Gasteiger partial charge in [0.1, 0.15) is 0 Å². The molecule has 0 saturated carbocycles. The molecule has 0 aliphatic rings. The smallest absolute Gasteiger partial charge is 0.393 e. The van der Waals surface area contributed by atoms with Crippen LogP contribution in [0.5, 0.6) is 0 Å². The third-order valence-electron chi connectivity index (χ3n) is 3.73. The quantitative estimate of drug-likeness (QED) is 0.341. The predicted molar refractivity (Wildman–Crippen MR) is 124 cm³/mol. The first kappa shape index (κ1) is 27.5. The van der Waals surface area contributed by atoms with Crippen molar-refractivity contribution in [1.29, 1.82) is 0 Å². The summed E-state index contributed by atoms with van der Waals surface area (Å²) in [5, 5.41) is 21.3. The molecular formula is C25H32NiO2P+. The Morgan fingerprint density at radius 3 is 1.03 bits per heavy atom. The third-order valence-corrected chi connectivity index (χ3v) is 6.17. The maximum atomic E-state index is 8.56. The van der Waals surface area contributed by atoms with Crippen molar-refractivity contribution in [3.05, 3.63) is 97.9 Å². The molecule has 0 fully saturated rings. The predicted octanol–water partition coefficient (Wildman–Crippen LogP) is 4.42. The Hall–Kier alpha value is -1.50. The van der Waals surface area contributed by atoms with Gasteiger partial charge in [-0.15, -0.1) is 0 Å². The molecule has 0 radical (unpaired) electrons. The minimum absolute atomic E-state index is 0. The van der Waals surface area contributed by atoms with Crippen molar-refractivity contribution in [1.82, 2.24) is 0 Å². The SMILES string of the molecule is CC(O)CC(C)O.[CH2-]C.[Ni+2].c1ccc(P(c2ccccc2)c2ccccc2)cc1. The molecule has 0 aromatic heterocycles. The number of aliphatic hydroxyl groups excluding tert-OH is 2. The zero-order valence-corrected chi connectivity index (χ0v) is 19.3. The zero-order valence-electron chi connectivity index (χ0n) is 17.4. The van der Waals surface area contributed by atoms with Gasteiger partial charge in [0.25, 0.3) is 0 Å². The summed E-state index contributed by atoms with van der Waals surface area (Å²) in [6.45, 7) is 8.32. The molecule has 2 unspecified atom stereocenters. The molecule has 0 spiro atoms. The second-order valence-corrected chi connectivity index (χ2v) is 8.50. The fourth-order valence-corrected chi connectivity index (χ4v) is 4.98. The molecule has 0 saturated heterocycles. The topological polar surface area (TPSA) is 40.5 Å². The van der Waals surface area contributed by atoms with Crippen LogP contribution in [-0.4, -0.2) is 22.4 Å². The van der Waals surface area contributed by atoms with Crippen molar-refractivity contribution >= 4 is 23.8 Å². The molecular weight excluding hydrogens is 422 g/mol. The minimum atomic E-state index is -0.446. The van der Waals surface area contributed by atoms with Crippen LogP contribution in [0.4, 0.5) is 0 Å². The van der Waals surface area contributed by atoms with Gasteiger partial charge in [0.05, 0.1) is 12.2 Å². The second-order valence-electron chi connectivity index (χ2n) is 6.28. The first-order valence-electron chi connectivity index (χ1n) is 9.60. The Morgan fingerprint density at radius 1 is 0.621 bits per heavy atom. The molecule has 3 rings (SSSR count). The number of hydrogen-bond acceptors (Lipinski definition) is 2. The van der Waals surface area contributed by atoms with Crippen LogP contribution in [0, 0.1) is 6.92 Å². The van der Waals surface area contributed by atoms with E-state index in [1.807, 2.05) is 0 Å². The van der Waals surface area contributed by atoms with Gasteiger partial charge in [-0.25, -0.2) is 0 Å². The molecule has 158 valence electrons. The van der Waals surface area contributed by atoms with Gasteiger partial charge in [-0.05, 0) is 44.1 Å². The summed E-state index contributed by atoms with van der Waals surface area (Å²) in [5.74, 6) is 0. The van der Waals surface area contributed by atoms with Gasteiger partial charge in [-0.2, -0.15) is 6.92 Å². The van der Waals surface area contributed by atoms with Crippen LogP contribution in [0.25, 0.3) is 0 Å². The Kier molecular flexibility index (Phi) is 15.5. The minimum Gasteiger partial charge on any atom is -0.393 e. The van der Waals surface area contributed by atoms with Gasteiger partial charge in [0.15, 0.2) is 0 Å². The van der Waals surface area contributed by atoms with E-state index in [1.54, 1.807) is 20.8 Å². The molecule has 3 aromatic rings. The molecule has 4 heteroatoms. The Labute approximate surface area is 187 Å². The molecule has 2 N–H and O–H groups in total. The van der Waals surface area contributed by atoms with E-state index in [-0.39, 0.29) is 28.7 Å². The Bertz CT molecular complexity index is 635. The molecule has 2 nitrogen and oxygen atoms in total. The van der Waals surface area contributed by atoms with Gasteiger partial charge < -0.3 is 17.1 Å². The fraction of sp³-hybridized carbons (Fsp3) is 0.240. The normalized spacial score (nSPS) is 11.7. The molecule has 2 atom stereocenters. The van der Waals surface area contributed by atoms with E-state index in [1.165, 1.54) is 15.9 Å². The van der Waals surface area contributed by atoms with Crippen molar-refractivity contribution in [2.24, 2.45) is 0 Å². The van der Waals surface area contributed by atoms with Crippen molar-refractivity contribution in [2.45, 2.75) is 39.4 Å². The molecule has 3 aromatic carbocycles. The largest absolute Gasteiger partial charge is 2.00 e. The summed E-state index contributed by atoms with van der Waals surface area (Å²) < 4.78 is 0. The van der Waals surface area contributed by atoms with Crippen molar-refractivity contribution in [3.8, 4) is 0 Å². The van der Waals surface area contributed by atoms with Crippen molar-refractivity contribution in [3.63, 3.8) is 0 Å². The fourth-order valence-electron chi connectivity index (χ4n) is 2.67. The van der Waals surface area contributed by atoms with E-state index in [0.717, 1.165) is 0 Å². The maximum Gasteiger partial charge on any atom is 2.00 e. The van der Waals surface area contributed by atoms with Gasteiger partial charge in [-0.3, -0.25) is 0 Å². The van der Waals surface area contributed by atoms with Crippen LogP contribution in [0.15, 0.2) is 91.0 Å². The molecule has 29 heavy (non-hydrogen) atoms. The third kappa shape index (κ3) is 10.7. The average Bonchev–Trinajstić information content (AvgIpc) is 2.72. The van der Waals surface area contributed by atoms with Crippen molar-refractivity contribution < 1.29 is 26.7 Å². The van der Waals surface area contributed by atoms with E-state index in [0.29, 0.717) is 6.42 Å². The average molecular weight is 454 g/mol. The first-order valence-corrected chi connectivity index (χ1v) is 10.9. The van der Waals surface area contributed by atoms with Crippen LogP contribution in [0.2, 0.25) is 0 Å². The number of benzene rings is 3. The molecule has 0 aliphatic carbocycles. The Morgan fingerprint density at radius 2 is 0.862 bits per heavy atom. The van der Waals surface area contributed by atoms with E-state index < -0.39 is 7.92 Å². The zero-order chi connectivity index (χ0) is 20.8. The first-order chi connectivity index (χ1) is 13.6. The van der Waals surface area contributed by atoms with E-state index in [2.05, 4.69) is 97.9 Å². The number of rotatable bonds is 5. The summed E-state index contributed by atoms with van der Waals surface area (Å²) in [6, 6.07) is 32.3. The van der Waals surface area contributed by atoms with E-state index >= 15 is 0 Å². The summed E-state index contributed by atoms with van der Waals surface area (Å²) in [6.07, 6.45) is -0.278. The Balaban J connectivity index is 0.000000675. The summed E-state index contributed by atoms with van der Waals surface area (Å²) in [7, 11) is -0.446. The number of hydrogen-bond donors (Lipinski definition) is 2. The van der Waals surface area contributed by atoms with Crippen LogP contribution >= 0.6 is 7.92 Å². The van der Waals surface area contributed by atoms with Crippen molar-refractivity contribution in [2.75, 3.05) is 0 Å². The van der Waals surface area contributed by atoms with Gasteiger partial charge >= 0.3 is 16.5 Å². The molecule has 0 aliphatic heterocycles. The maximum absolute atomic E-state index is 8.56. The molecule has 0 heterocycles. The number of aliphatic hydroxyl groups is 2. The summed E-state index contributed by atoms with van der Waals surface area (Å²) >= 11 is 0. The van der Waals surface area contributed by atoms with E-state index in [4.69, 9.17) is 10.2 Å². The standard InChI is InChI=1S/C18H15P.C5H12O2.C2H5.Ni/c1-4-10-16(11-5-1)19(17-12-6-2-7-13-17)18-14-8-3-9-15-18;1-4(6)3-5(2)7;1-2;/h1-15H;4-7H,3H2,1-2H3;1H2,2H3;/q;;-1;+2. The molecule has 0 amide bonds. The van der Waals surface area contributed by atoms with Gasteiger partial charge in [0, 0.05) is 0 Å². The van der Waals surface area contributed by atoms with Gasteiger partial charge in [-0.1, -0.05) is 91.0 Å². The van der Waals surface area contributed by atoms with Crippen LogP contribution in [0.1, 0.15) is 27.2 Å². The van der Waals surface area contributed by atoms with Crippen LogP contribution < -0.4 is 15.9 Å². The van der Waals surface area contributed by atoms with Crippen LogP contribution in [-0.2, 0) is 16.5 Å². The summed E-state index contributed by atoms with van der Waals surface area (Å²) in [5.41, 5.74) is 0. The molecule has 0 bridgehead atoms. The van der Waals surface area contributed by atoms with E-state index in [9.17, 15) is 0 Å². The van der Waals surface area contributed by atoms with Crippen LogP contribution in [0.3, 0.4) is 0 Å².